The fraction of sp³-hybridized carbons (Fsp3) is 0.133. The summed E-state index contributed by atoms with van der Waals surface area (Å²) in [6.45, 7) is 0.173. The van der Waals surface area contributed by atoms with Crippen LogP contribution >= 0.6 is 11.3 Å². The molecule has 0 atom stereocenters. The molecule has 0 bridgehead atoms. The lowest BCUT2D eigenvalue weighted by molar-refractivity contribution is -0.0882. The molecule has 0 saturated carbocycles. The molecule has 0 aromatic carbocycles. The molecule has 3 aromatic heterocycles. The quantitative estimate of drug-likeness (QED) is 0.733. The minimum Gasteiger partial charge on any atom is -0.347 e. The molecule has 3 rings (SSSR count). The number of aromatic nitrogens is 2. The van der Waals surface area contributed by atoms with Crippen LogP contribution in [0, 0.1) is 0 Å². The van der Waals surface area contributed by atoms with Gasteiger partial charge in [0.1, 0.15) is 0 Å². The lowest BCUT2D eigenvalue weighted by Gasteiger charge is -2.03. The van der Waals surface area contributed by atoms with E-state index in [9.17, 15) is 22.8 Å². The molecule has 0 aliphatic heterocycles. The predicted octanol–water partition coefficient (Wildman–Crippen LogP) is 3.07. The van der Waals surface area contributed by atoms with Crippen molar-refractivity contribution in [1.29, 1.82) is 0 Å². The zero-order valence-corrected chi connectivity index (χ0v) is 12.8. The van der Waals surface area contributed by atoms with Gasteiger partial charge in [0, 0.05) is 18.3 Å². The van der Waals surface area contributed by atoms with Gasteiger partial charge in [-0.3, -0.25) is 9.59 Å². The van der Waals surface area contributed by atoms with E-state index in [-0.39, 0.29) is 11.4 Å². The molecule has 0 radical (unpaired) electrons. The van der Waals surface area contributed by atoms with Crippen LogP contribution < -0.4 is 5.32 Å². The number of carbonyl (C=O) groups is 2. The number of amides is 1. The van der Waals surface area contributed by atoms with Crippen LogP contribution in [0.15, 0.2) is 42.7 Å². The van der Waals surface area contributed by atoms with Crippen LogP contribution in [0.25, 0.3) is 5.52 Å². The highest BCUT2D eigenvalue weighted by molar-refractivity contribution is 7.16. The fourth-order valence-electron chi connectivity index (χ4n) is 2.11. The third-order valence-corrected chi connectivity index (χ3v) is 4.34. The summed E-state index contributed by atoms with van der Waals surface area (Å²) in [4.78, 5) is 22.7. The first-order chi connectivity index (χ1) is 11.4. The van der Waals surface area contributed by atoms with Crippen LogP contribution in [0.3, 0.4) is 0 Å². The SMILES string of the molecule is O=C(NCc1cnn2ccccc12)c1ccc(C(=O)C(F)(F)F)s1. The molecule has 0 unspecified atom stereocenters. The Morgan fingerprint density at radius 2 is 1.92 bits per heavy atom. The standard InChI is InChI=1S/C15H10F3N3O2S/c16-15(17,18)13(22)11-4-5-12(24-11)14(23)19-7-9-8-20-21-6-2-1-3-10(9)21/h1-6,8H,7H2,(H,19,23). The maximum Gasteiger partial charge on any atom is 0.455 e. The number of Topliss-reactive ketones (excluding diaryl/α,β-unsaturated/α-hetero) is 1. The van der Waals surface area contributed by atoms with Gasteiger partial charge in [0.05, 0.1) is 21.5 Å². The molecular weight excluding hydrogens is 343 g/mol. The van der Waals surface area contributed by atoms with E-state index in [0.717, 1.165) is 17.1 Å². The molecule has 3 aromatic rings. The highest BCUT2D eigenvalue weighted by Gasteiger charge is 2.40. The summed E-state index contributed by atoms with van der Waals surface area (Å²) < 4.78 is 38.8. The number of ketones is 1. The van der Waals surface area contributed by atoms with Crippen molar-refractivity contribution < 1.29 is 22.8 Å². The number of pyridine rings is 1. The molecule has 0 aliphatic rings. The highest BCUT2D eigenvalue weighted by atomic mass is 32.1. The van der Waals surface area contributed by atoms with Gasteiger partial charge in [-0.1, -0.05) is 6.07 Å². The van der Waals surface area contributed by atoms with Crippen LogP contribution in [0.1, 0.15) is 24.9 Å². The number of hydrogen-bond donors (Lipinski definition) is 1. The van der Waals surface area contributed by atoms with Crippen molar-refractivity contribution in [2.75, 3.05) is 0 Å². The van der Waals surface area contributed by atoms with Crippen LogP contribution in [-0.4, -0.2) is 27.5 Å². The van der Waals surface area contributed by atoms with E-state index in [0.29, 0.717) is 11.3 Å². The first-order valence-electron chi connectivity index (χ1n) is 6.77. The summed E-state index contributed by atoms with van der Waals surface area (Å²) in [6.07, 6.45) is -1.59. The number of carbonyl (C=O) groups excluding carboxylic acids is 2. The number of rotatable bonds is 4. The molecule has 0 aliphatic carbocycles. The van der Waals surface area contributed by atoms with Gasteiger partial charge in [0.15, 0.2) is 0 Å². The molecule has 0 spiro atoms. The summed E-state index contributed by atoms with van der Waals surface area (Å²) in [6, 6.07) is 7.68. The molecule has 124 valence electrons. The number of nitrogens with zero attached hydrogens (tertiary/aromatic N) is 2. The minimum atomic E-state index is -4.95. The second-order valence-electron chi connectivity index (χ2n) is 4.87. The van der Waals surface area contributed by atoms with Gasteiger partial charge in [0.25, 0.3) is 11.7 Å². The Morgan fingerprint density at radius 3 is 2.67 bits per heavy atom. The number of halogens is 3. The molecule has 0 saturated heterocycles. The Labute approximate surface area is 137 Å². The molecule has 5 nitrogen and oxygen atoms in total. The van der Waals surface area contributed by atoms with Gasteiger partial charge in [-0.05, 0) is 24.3 Å². The van der Waals surface area contributed by atoms with E-state index < -0.39 is 22.7 Å². The maximum absolute atomic E-state index is 12.4. The average Bonchev–Trinajstić information content (AvgIpc) is 3.18. The van der Waals surface area contributed by atoms with Gasteiger partial charge in [-0.15, -0.1) is 11.3 Å². The number of hydrogen-bond acceptors (Lipinski definition) is 4. The lowest BCUT2D eigenvalue weighted by Crippen LogP contribution is -2.22. The van der Waals surface area contributed by atoms with Crippen LogP contribution in [0.4, 0.5) is 13.2 Å². The zero-order chi connectivity index (χ0) is 17.3. The van der Waals surface area contributed by atoms with Crippen LogP contribution in [0.2, 0.25) is 0 Å². The first kappa shape index (κ1) is 16.2. The Bertz CT molecular complexity index is 914. The summed E-state index contributed by atoms with van der Waals surface area (Å²) in [5.41, 5.74) is 1.59. The van der Waals surface area contributed by atoms with E-state index in [1.54, 1.807) is 16.9 Å². The van der Waals surface area contributed by atoms with Gasteiger partial charge < -0.3 is 5.32 Å². The fourth-order valence-corrected chi connectivity index (χ4v) is 2.99. The van der Waals surface area contributed by atoms with E-state index >= 15 is 0 Å². The van der Waals surface area contributed by atoms with Crippen molar-refractivity contribution in [2.24, 2.45) is 0 Å². The van der Waals surface area contributed by atoms with Crippen molar-refractivity contribution in [1.82, 2.24) is 14.9 Å². The molecule has 24 heavy (non-hydrogen) atoms. The molecular formula is C15H10F3N3O2S. The average molecular weight is 353 g/mol. The van der Waals surface area contributed by atoms with Gasteiger partial charge in [-0.2, -0.15) is 18.3 Å². The zero-order valence-electron chi connectivity index (χ0n) is 12.0. The van der Waals surface area contributed by atoms with Gasteiger partial charge in [-0.25, -0.2) is 4.52 Å². The second kappa shape index (κ2) is 6.08. The summed E-state index contributed by atoms with van der Waals surface area (Å²) >= 11 is 0.514. The monoisotopic (exact) mass is 353 g/mol. The molecule has 0 fully saturated rings. The van der Waals surface area contributed by atoms with Gasteiger partial charge >= 0.3 is 6.18 Å². The number of nitrogens with one attached hydrogen (secondary N) is 1. The van der Waals surface area contributed by atoms with E-state index in [4.69, 9.17) is 0 Å². The maximum atomic E-state index is 12.4. The molecule has 9 heteroatoms. The van der Waals surface area contributed by atoms with Crippen molar-refractivity contribution in [3.05, 3.63) is 58.0 Å². The van der Waals surface area contributed by atoms with E-state index in [1.807, 2.05) is 18.2 Å². The Kier molecular flexibility index (Phi) is 4.10. The van der Waals surface area contributed by atoms with Gasteiger partial charge in [0.2, 0.25) is 0 Å². The minimum absolute atomic E-state index is 0.0408. The number of thiophene rings is 1. The summed E-state index contributed by atoms with van der Waals surface area (Å²) in [7, 11) is 0. The van der Waals surface area contributed by atoms with Crippen molar-refractivity contribution in [2.45, 2.75) is 12.7 Å². The largest absolute Gasteiger partial charge is 0.455 e. The summed E-state index contributed by atoms with van der Waals surface area (Å²) in [5, 5.41) is 6.73. The second-order valence-corrected chi connectivity index (χ2v) is 5.96. The molecule has 1 N–H and O–H groups in total. The Balaban J connectivity index is 1.70. The third-order valence-electron chi connectivity index (χ3n) is 3.26. The first-order valence-corrected chi connectivity index (χ1v) is 7.59. The van der Waals surface area contributed by atoms with Crippen molar-refractivity contribution in [3.8, 4) is 0 Å². The highest BCUT2D eigenvalue weighted by Crippen LogP contribution is 2.26. The van der Waals surface area contributed by atoms with Crippen molar-refractivity contribution in [3.63, 3.8) is 0 Å². The third kappa shape index (κ3) is 3.16. The van der Waals surface area contributed by atoms with Crippen LogP contribution in [-0.2, 0) is 6.54 Å². The Hall–Kier alpha value is -2.68. The topological polar surface area (TPSA) is 63.5 Å². The Morgan fingerprint density at radius 1 is 1.17 bits per heavy atom. The van der Waals surface area contributed by atoms with E-state index in [2.05, 4.69) is 10.4 Å². The van der Waals surface area contributed by atoms with Crippen molar-refractivity contribution >= 4 is 28.5 Å². The number of alkyl halides is 3. The van der Waals surface area contributed by atoms with E-state index in [1.165, 1.54) is 6.07 Å². The smallest absolute Gasteiger partial charge is 0.347 e. The predicted molar refractivity (Wildman–Crippen MR) is 81.1 cm³/mol. The molecule has 1 amide bonds. The lowest BCUT2D eigenvalue weighted by atomic mass is 10.2. The number of fused-ring (bicyclic) bond motifs is 1. The normalized spacial score (nSPS) is 11.6. The van der Waals surface area contributed by atoms with Crippen LogP contribution in [0.5, 0.6) is 0 Å². The molecule has 3 heterocycles. The summed E-state index contributed by atoms with van der Waals surface area (Å²) in [5.74, 6) is -2.49.